The van der Waals surface area contributed by atoms with Crippen molar-refractivity contribution >= 4 is 19.8 Å². The second kappa shape index (κ2) is 71.3. The lowest BCUT2D eigenvalue weighted by Gasteiger charge is -2.19. The minimum Gasteiger partial charge on any atom is -0.462 e. The van der Waals surface area contributed by atoms with Crippen molar-refractivity contribution in [2.24, 2.45) is 5.73 Å². The van der Waals surface area contributed by atoms with E-state index in [4.69, 9.17) is 24.3 Å². The summed E-state index contributed by atoms with van der Waals surface area (Å²) in [6.45, 7) is 3.69. The van der Waals surface area contributed by atoms with Gasteiger partial charge in [0.05, 0.1) is 13.2 Å². The van der Waals surface area contributed by atoms with Crippen LogP contribution in [0.15, 0.2) is 85.1 Å². The molecule has 0 bridgehead atoms. The predicted octanol–water partition coefficient (Wildman–Crippen LogP) is 24.1. The van der Waals surface area contributed by atoms with Gasteiger partial charge in [0.25, 0.3) is 0 Å². The van der Waals surface area contributed by atoms with E-state index >= 15 is 0 Å². The largest absolute Gasteiger partial charge is 0.472 e. The summed E-state index contributed by atoms with van der Waals surface area (Å²) >= 11 is 0. The molecule has 0 aromatic carbocycles. The van der Waals surface area contributed by atoms with E-state index in [2.05, 4.69) is 98.9 Å². The fraction of sp³-hybridized carbons (Fsp3) is 0.789. The van der Waals surface area contributed by atoms with Gasteiger partial charge in [-0.1, -0.05) is 356 Å². The Balaban J connectivity index is 3.85. The Hall–Kier alpha value is -2.81. The monoisotopic (exact) mass is 1220 g/mol. The third-order valence-corrected chi connectivity index (χ3v) is 17.0. The quantitative estimate of drug-likeness (QED) is 0.0264. The van der Waals surface area contributed by atoms with Crippen molar-refractivity contribution in [1.29, 1.82) is 0 Å². The van der Waals surface area contributed by atoms with Crippen molar-refractivity contribution < 1.29 is 37.6 Å². The van der Waals surface area contributed by atoms with Gasteiger partial charge >= 0.3 is 19.8 Å². The van der Waals surface area contributed by atoms with Gasteiger partial charge in [0.15, 0.2) is 6.10 Å². The van der Waals surface area contributed by atoms with E-state index in [0.29, 0.717) is 6.42 Å². The Labute approximate surface area is 532 Å². The third kappa shape index (κ3) is 70.3. The number of nitrogens with two attached hydrogens (primary N) is 1. The van der Waals surface area contributed by atoms with Gasteiger partial charge in [-0.3, -0.25) is 18.6 Å². The highest BCUT2D eigenvalue weighted by Gasteiger charge is 2.26. The van der Waals surface area contributed by atoms with Gasteiger partial charge in [-0.2, -0.15) is 0 Å². The lowest BCUT2D eigenvalue weighted by molar-refractivity contribution is -0.161. The van der Waals surface area contributed by atoms with Gasteiger partial charge in [0.2, 0.25) is 0 Å². The highest BCUT2D eigenvalue weighted by Crippen LogP contribution is 2.43. The summed E-state index contributed by atoms with van der Waals surface area (Å²) in [7, 11) is -4.40. The molecule has 10 heteroatoms. The van der Waals surface area contributed by atoms with Gasteiger partial charge in [-0.15, -0.1) is 0 Å². The minimum atomic E-state index is -4.40. The summed E-state index contributed by atoms with van der Waals surface area (Å²) in [5.74, 6) is -0.814. The van der Waals surface area contributed by atoms with Crippen LogP contribution in [0.3, 0.4) is 0 Å². The molecular weight excluding hydrogens is 1090 g/mol. The molecule has 2 unspecified atom stereocenters. The second-order valence-electron chi connectivity index (χ2n) is 24.4. The van der Waals surface area contributed by atoms with E-state index < -0.39 is 26.5 Å². The molecule has 9 nitrogen and oxygen atoms in total. The molecule has 0 spiro atoms. The van der Waals surface area contributed by atoms with Crippen LogP contribution in [0.25, 0.3) is 0 Å². The van der Waals surface area contributed by atoms with Crippen LogP contribution in [0, 0.1) is 0 Å². The van der Waals surface area contributed by atoms with Crippen LogP contribution in [0.5, 0.6) is 0 Å². The van der Waals surface area contributed by atoms with E-state index in [0.717, 1.165) is 83.5 Å². The molecule has 2 atom stereocenters. The molecule has 0 aliphatic rings. The highest BCUT2D eigenvalue weighted by atomic mass is 31.2. The number of carbonyl (C=O) groups is 2. The molecule has 0 aromatic heterocycles. The zero-order chi connectivity index (χ0) is 62.3. The summed E-state index contributed by atoms with van der Waals surface area (Å²) in [5, 5.41) is 0. The molecule has 0 aliphatic carbocycles. The van der Waals surface area contributed by atoms with Gasteiger partial charge in [-0.25, -0.2) is 4.57 Å². The molecule has 0 rings (SSSR count). The van der Waals surface area contributed by atoms with Crippen molar-refractivity contribution in [3.8, 4) is 0 Å². The number of unbranched alkanes of at least 4 members (excludes halogenated alkanes) is 42. The van der Waals surface area contributed by atoms with Crippen molar-refractivity contribution in [3.05, 3.63) is 85.1 Å². The fourth-order valence-corrected chi connectivity index (χ4v) is 11.4. The molecule has 0 saturated carbocycles. The first kappa shape index (κ1) is 83.2. The molecule has 0 saturated heterocycles. The van der Waals surface area contributed by atoms with Crippen LogP contribution in [-0.2, 0) is 32.7 Å². The van der Waals surface area contributed by atoms with Gasteiger partial charge in [0, 0.05) is 19.4 Å². The zero-order valence-electron chi connectivity index (χ0n) is 56.3. The first-order chi connectivity index (χ1) is 42.3. The number of phosphoric ester groups is 1. The summed E-state index contributed by atoms with van der Waals surface area (Å²) in [4.78, 5) is 35.4. The van der Waals surface area contributed by atoms with E-state index in [1.807, 2.05) is 0 Å². The third-order valence-electron chi connectivity index (χ3n) is 16.0. The Kier molecular flexibility index (Phi) is 68.9. The number of esters is 2. The number of ether oxygens (including phenoxy) is 2. The number of phosphoric acid groups is 1. The van der Waals surface area contributed by atoms with E-state index in [1.165, 1.54) is 238 Å². The van der Waals surface area contributed by atoms with Gasteiger partial charge in [0.1, 0.15) is 6.61 Å². The Morgan fingerprint density at radius 3 is 0.953 bits per heavy atom. The molecule has 86 heavy (non-hydrogen) atoms. The predicted molar refractivity (Wildman–Crippen MR) is 372 cm³/mol. The lowest BCUT2D eigenvalue weighted by atomic mass is 10.0. The molecule has 0 heterocycles. The maximum atomic E-state index is 12.8. The highest BCUT2D eigenvalue weighted by molar-refractivity contribution is 7.47. The topological polar surface area (TPSA) is 134 Å². The van der Waals surface area contributed by atoms with Crippen LogP contribution >= 0.6 is 7.82 Å². The Morgan fingerprint density at radius 2 is 0.640 bits per heavy atom. The molecule has 0 aliphatic heterocycles. The van der Waals surface area contributed by atoms with Crippen LogP contribution in [0.2, 0.25) is 0 Å². The number of rotatable bonds is 69. The smallest absolute Gasteiger partial charge is 0.462 e. The molecule has 3 N–H and O–H groups in total. The number of hydrogen-bond acceptors (Lipinski definition) is 8. The second-order valence-corrected chi connectivity index (χ2v) is 25.9. The summed E-state index contributed by atoms with van der Waals surface area (Å²) in [6, 6.07) is 0. The Bertz CT molecular complexity index is 1690. The van der Waals surface area contributed by atoms with E-state index in [9.17, 15) is 19.0 Å². The number of hydrogen-bond donors (Lipinski definition) is 2. The fourth-order valence-electron chi connectivity index (χ4n) is 10.7. The number of carbonyl (C=O) groups excluding carboxylic acids is 2. The normalized spacial score (nSPS) is 13.4. The average Bonchev–Trinajstić information content (AvgIpc) is 3.59. The average molecular weight is 1220 g/mol. The van der Waals surface area contributed by atoms with Crippen LogP contribution in [-0.4, -0.2) is 49.3 Å². The van der Waals surface area contributed by atoms with Crippen molar-refractivity contribution in [3.63, 3.8) is 0 Å². The number of allylic oxidation sites excluding steroid dienone is 14. The zero-order valence-corrected chi connectivity index (χ0v) is 57.2. The maximum Gasteiger partial charge on any atom is 0.472 e. The SMILES string of the molecule is CC/C=C\C/C=C\C/C=C\C/C=C\C/C=C\C/C=C\C/C=C\CCCCCCCCCCCCCCCC(=O)OC(COC(=O)CCCCCCCCCCCCCCCCCCCCCCCCCCCCCCCC)COP(=O)(O)OCCN. The molecule has 0 radical (unpaired) electrons. The molecule has 0 fully saturated rings. The summed E-state index contributed by atoms with van der Waals surface area (Å²) in [5.41, 5.74) is 5.41. The van der Waals surface area contributed by atoms with Crippen molar-refractivity contribution in [2.75, 3.05) is 26.4 Å². The van der Waals surface area contributed by atoms with Crippen molar-refractivity contribution in [2.45, 2.75) is 360 Å². The van der Waals surface area contributed by atoms with Gasteiger partial charge in [-0.05, 0) is 70.6 Å². The summed E-state index contributed by atoms with van der Waals surface area (Å²) < 4.78 is 33.2. The standard InChI is InChI=1S/C76H138NO8P/c1-3-5-7-9-11-13-15-17-19-21-23-25-27-29-31-33-35-36-37-38-39-41-43-45-47-49-51-53-55-57-59-61-63-65-67-69-76(79)85-74(73-84-86(80,81)83-71-70-77)72-82-75(78)68-66-64-62-60-58-56-54-52-50-48-46-44-42-40-34-32-30-28-26-24-22-20-18-16-14-12-10-8-6-4-2/h5,7,11,13,17,19,23,25,29,31,35-36,38-39,74H,3-4,6,8-10,12,14-16,18,20-22,24,26-28,30,32-34,37,40-73,77H2,1-2H3,(H,80,81)/b7-5-,13-11-,19-17-,25-23-,31-29-,36-35-,39-38-. The van der Waals surface area contributed by atoms with Crippen LogP contribution < -0.4 is 5.73 Å². The van der Waals surface area contributed by atoms with Crippen LogP contribution in [0.1, 0.15) is 354 Å². The maximum absolute atomic E-state index is 12.8. The Morgan fingerprint density at radius 1 is 0.360 bits per heavy atom. The molecule has 0 aromatic rings. The van der Waals surface area contributed by atoms with E-state index in [-0.39, 0.29) is 38.6 Å². The minimum absolute atomic E-state index is 0.0525. The van der Waals surface area contributed by atoms with E-state index in [1.54, 1.807) is 0 Å². The van der Waals surface area contributed by atoms with Crippen LogP contribution in [0.4, 0.5) is 0 Å². The first-order valence-electron chi connectivity index (χ1n) is 36.6. The van der Waals surface area contributed by atoms with Gasteiger partial charge < -0.3 is 20.1 Å². The molecule has 500 valence electrons. The summed E-state index contributed by atoms with van der Waals surface area (Å²) in [6.07, 6.45) is 95.5. The molecular formula is C76H138NO8P. The van der Waals surface area contributed by atoms with Crippen molar-refractivity contribution in [1.82, 2.24) is 0 Å². The first-order valence-corrected chi connectivity index (χ1v) is 38.1. The lowest BCUT2D eigenvalue weighted by Crippen LogP contribution is -2.29. The molecule has 0 amide bonds.